The van der Waals surface area contributed by atoms with E-state index >= 15 is 0 Å². The second-order valence-corrected chi connectivity index (χ2v) is 6.66. The maximum Gasteiger partial charge on any atom is 0.0103 e. The normalized spacial score (nSPS) is 32.1. The number of hydrogen-bond donors (Lipinski definition) is 1. The molecule has 16 heavy (non-hydrogen) atoms. The molecule has 3 unspecified atom stereocenters. The fraction of sp³-hybridized carbons (Fsp3) is 1.00. The van der Waals surface area contributed by atoms with Gasteiger partial charge in [-0.1, -0.05) is 48.0 Å². The minimum absolute atomic E-state index is 0.465. The Morgan fingerprint density at radius 1 is 1.25 bits per heavy atom. The topological polar surface area (TPSA) is 12.0 Å². The second-order valence-electron chi connectivity index (χ2n) is 6.66. The molecule has 0 heterocycles. The quantitative estimate of drug-likeness (QED) is 0.760. The van der Waals surface area contributed by atoms with E-state index < -0.39 is 0 Å². The summed E-state index contributed by atoms with van der Waals surface area (Å²) in [5, 5.41) is 3.73. The molecule has 1 nitrogen and oxygen atoms in total. The van der Waals surface area contributed by atoms with Gasteiger partial charge in [0.25, 0.3) is 0 Å². The molecular formula is C15H31N. The van der Waals surface area contributed by atoms with E-state index in [-0.39, 0.29) is 0 Å². The van der Waals surface area contributed by atoms with Gasteiger partial charge in [-0.15, -0.1) is 0 Å². The van der Waals surface area contributed by atoms with Gasteiger partial charge in [0.05, 0.1) is 0 Å². The molecule has 0 radical (unpaired) electrons. The summed E-state index contributed by atoms with van der Waals surface area (Å²) in [6, 6.07) is 0.742. The lowest BCUT2D eigenvalue weighted by Gasteiger charge is -2.46. The molecule has 1 saturated carbocycles. The molecule has 0 aromatic rings. The van der Waals surface area contributed by atoms with E-state index in [0.717, 1.165) is 30.3 Å². The highest BCUT2D eigenvalue weighted by Gasteiger charge is 2.40. The molecule has 0 aromatic carbocycles. The Morgan fingerprint density at radius 3 is 2.38 bits per heavy atom. The van der Waals surface area contributed by atoms with E-state index in [4.69, 9.17) is 0 Å². The molecule has 1 fully saturated rings. The van der Waals surface area contributed by atoms with E-state index in [9.17, 15) is 0 Å². The van der Waals surface area contributed by atoms with Crippen LogP contribution in [0.5, 0.6) is 0 Å². The van der Waals surface area contributed by atoms with Gasteiger partial charge in [-0.05, 0) is 42.6 Å². The maximum absolute atomic E-state index is 3.73. The monoisotopic (exact) mass is 225 g/mol. The van der Waals surface area contributed by atoms with Crippen molar-refractivity contribution in [3.8, 4) is 0 Å². The molecule has 0 bridgehead atoms. The van der Waals surface area contributed by atoms with Crippen molar-refractivity contribution in [2.45, 2.75) is 66.8 Å². The van der Waals surface area contributed by atoms with E-state index in [2.05, 4.69) is 46.9 Å². The maximum atomic E-state index is 3.73. The third-order valence-electron chi connectivity index (χ3n) is 5.02. The zero-order chi connectivity index (χ0) is 12.3. The van der Waals surface area contributed by atoms with E-state index in [1.165, 1.54) is 19.3 Å². The second kappa shape index (κ2) is 5.53. The Bertz CT molecular complexity index is 207. The van der Waals surface area contributed by atoms with Crippen LogP contribution < -0.4 is 5.32 Å². The number of nitrogens with one attached hydrogen (secondary N) is 1. The Labute approximate surface area is 102 Å². The van der Waals surface area contributed by atoms with E-state index in [0.29, 0.717) is 5.41 Å². The number of hydrogen-bond acceptors (Lipinski definition) is 1. The van der Waals surface area contributed by atoms with Gasteiger partial charge < -0.3 is 5.32 Å². The van der Waals surface area contributed by atoms with Gasteiger partial charge in [0, 0.05) is 6.04 Å². The van der Waals surface area contributed by atoms with Gasteiger partial charge in [-0.2, -0.15) is 0 Å². The first-order valence-corrected chi connectivity index (χ1v) is 7.13. The first kappa shape index (κ1) is 14.0. The average molecular weight is 225 g/mol. The lowest BCUT2D eigenvalue weighted by atomic mass is 9.62. The highest BCUT2D eigenvalue weighted by atomic mass is 14.9. The molecule has 1 aliphatic rings. The summed E-state index contributed by atoms with van der Waals surface area (Å²) in [6.07, 6.45) is 4.20. The van der Waals surface area contributed by atoms with Crippen LogP contribution in [0.3, 0.4) is 0 Å². The predicted molar refractivity (Wildman–Crippen MR) is 72.6 cm³/mol. The molecule has 1 aliphatic carbocycles. The third-order valence-corrected chi connectivity index (χ3v) is 5.02. The van der Waals surface area contributed by atoms with E-state index in [1.807, 2.05) is 0 Å². The van der Waals surface area contributed by atoms with Crippen LogP contribution in [0.25, 0.3) is 0 Å². The van der Waals surface area contributed by atoms with Crippen molar-refractivity contribution in [1.82, 2.24) is 5.32 Å². The highest BCUT2D eigenvalue weighted by Crippen LogP contribution is 2.44. The molecule has 1 rings (SSSR count). The Kier molecular flexibility index (Phi) is 4.85. The zero-order valence-corrected chi connectivity index (χ0v) is 12.1. The van der Waals surface area contributed by atoms with Gasteiger partial charge in [0.2, 0.25) is 0 Å². The minimum atomic E-state index is 0.465. The summed E-state index contributed by atoms with van der Waals surface area (Å²) in [5.41, 5.74) is 0.465. The summed E-state index contributed by atoms with van der Waals surface area (Å²) < 4.78 is 0. The van der Waals surface area contributed by atoms with Crippen molar-refractivity contribution in [3.63, 3.8) is 0 Å². The predicted octanol–water partition coefficient (Wildman–Crippen LogP) is 4.08. The first-order chi connectivity index (χ1) is 7.39. The SMILES string of the molecule is CCNC1CC(C)CCC1C(C)(C)C(C)C. The molecule has 0 aromatic heterocycles. The van der Waals surface area contributed by atoms with Crippen LogP contribution in [-0.2, 0) is 0 Å². The van der Waals surface area contributed by atoms with Crippen LogP contribution in [0.4, 0.5) is 0 Å². The molecule has 0 aliphatic heterocycles. The van der Waals surface area contributed by atoms with Crippen LogP contribution in [0.1, 0.15) is 60.8 Å². The molecule has 0 spiro atoms. The van der Waals surface area contributed by atoms with Crippen LogP contribution >= 0.6 is 0 Å². The molecule has 0 amide bonds. The van der Waals surface area contributed by atoms with Crippen molar-refractivity contribution in [2.75, 3.05) is 6.54 Å². The van der Waals surface area contributed by atoms with Crippen LogP contribution in [0.15, 0.2) is 0 Å². The van der Waals surface area contributed by atoms with Crippen LogP contribution in [-0.4, -0.2) is 12.6 Å². The fourth-order valence-corrected chi connectivity index (χ4v) is 3.19. The van der Waals surface area contributed by atoms with Gasteiger partial charge in [0.1, 0.15) is 0 Å². The zero-order valence-electron chi connectivity index (χ0n) is 12.1. The Balaban J connectivity index is 2.75. The van der Waals surface area contributed by atoms with Gasteiger partial charge >= 0.3 is 0 Å². The van der Waals surface area contributed by atoms with Crippen molar-refractivity contribution in [2.24, 2.45) is 23.2 Å². The summed E-state index contributed by atoms with van der Waals surface area (Å²) in [4.78, 5) is 0. The largest absolute Gasteiger partial charge is 0.314 e. The lowest BCUT2D eigenvalue weighted by molar-refractivity contribution is 0.0565. The minimum Gasteiger partial charge on any atom is -0.314 e. The summed E-state index contributed by atoms with van der Waals surface area (Å²) in [5.74, 6) is 2.53. The Hall–Kier alpha value is -0.0400. The van der Waals surface area contributed by atoms with E-state index in [1.54, 1.807) is 0 Å². The Morgan fingerprint density at radius 2 is 1.88 bits per heavy atom. The summed E-state index contributed by atoms with van der Waals surface area (Å²) in [7, 11) is 0. The third kappa shape index (κ3) is 3.00. The molecule has 96 valence electrons. The van der Waals surface area contributed by atoms with Crippen molar-refractivity contribution in [3.05, 3.63) is 0 Å². The first-order valence-electron chi connectivity index (χ1n) is 7.13. The molecular weight excluding hydrogens is 194 g/mol. The van der Waals surface area contributed by atoms with Crippen LogP contribution in [0.2, 0.25) is 0 Å². The van der Waals surface area contributed by atoms with Gasteiger partial charge in [-0.25, -0.2) is 0 Å². The lowest BCUT2D eigenvalue weighted by Crippen LogP contribution is -2.48. The molecule has 3 atom stereocenters. The number of rotatable bonds is 4. The van der Waals surface area contributed by atoms with Gasteiger partial charge in [0.15, 0.2) is 0 Å². The standard InChI is InChI=1S/C15H31N/c1-7-16-14-10-12(4)8-9-13(14)15(5,6)11(2)3/h11-14,16H,7-10H2,1-6H3. The summed E-state index contributed by atoms with van der Waals surface area (Å²) in [6.45, 7) is 15.4. The van der Waals surface area contributed by atoms with Crippen molar-refractivity contribution < 1.29 is 0 Å². The van der Waals surface area contributed by atoms with Gasteiger partial charge in [-0.3, -0.25) is 0 Å². The van der Waals surface area contributed by atoms with Crippen molar-refractivity contribution in [1.29, 1.82) is 0 Å². The van der Waals surface area contributed by atoms with Crippen molar-refractivity contribution >= 4 is 0 Å². The molecule has 1 heteroatoms. The molecule has 1 N–H and O–H groups in total. The molecule has 0 saturated heterocycles. The fourth-order valence-electron chi connectivity index (χ4n) is 3.19. The van der Waals surface area contributed by atoms with Crippen LogP contribution in [0, 0.1) is 23.2 Å². The highest BCUT2D eigenvalue weighted by molar-refractivity contribution is 4.93. The summed E-state index contributed by atoms with van der Waals surface area (Å²) >= 11 is 0. The average Bonchev–Trinajstić information content (AvgIpc) is 2.17. The smallest absolute Gasteiger partial charge is 0.0103 e.